The summed E-state index contributed by atoms with van der Waals surface area (Å²) in [6, 6.07) is 0. The number of rotatable bonds is 3. The van der Waals surface area contributed by atoms with E-state index in [2.05, 4.69) is 0 Å². The number of morpholine rings is 1. The number of carbonyl (C=O) groups excluding carboxylic acids is 1. The second-order valence-corrected chi connectivity index (χ2v) is 6.39. The summed E-state index contributed by atoms with van der Waals surface area (Å²) in [6.07, 6.45) is 4.12. The molecule has 0 bridgehead atoms. The fourth-order valence-corrected chi connectivity index (χ4v) is 3.15. The number of hydrogen-bond donors (Lipinski definition) is 2. The molecule has 21 heavy (non-hydrogen) atoms. The number of carboxylic acid groups (broad SMARTS) is 1. The largest absolute Gasteiger partial charge is 0.481 e. The van der Waals surface area contributed by atoms with Gasteiger partial charge in [0, 0.05) is 13.1 Å². The molecule has 0 saturated carbocycles. The van der Waals surface area contributed by atoms with Crippen molar-refractivity contribution >= 4 is 11.9 Å². The van der Waals surface area contributed by atoms with E-state index in [0.29, 0.717) is 25.9 Å². The molecule has 1 saturated heterocycles. The minimum Gasteiger partial charge on any atom is -0.481 e. The molecule has 1 fully saturated rings. The first kappa shape index (κ1) is 16.0. The van der Waals surface area contributed by atoms with E-state index in [-0.39, 0.29) is 12.5 Å². The number of aliphatic hydroxyl groups excluding tert-OH is 1. The molecule has 3 atom stereocenters. The number of nitrogens with zero attached hydrogens (tertiary/aromatic N) is 1. The molecule has 118 valence electrons. The number of aliphatic hydroxyl groups is 1. The van der Waals surface area contributed by atoms with Crippen molar-refractivity contribution in [3.8, 4) is 0 Å². The van der Waals surface area contributed by atoms with Crippen LogP contribution in [0.4, 0.5) is 0 Å². The van der Waals surface area contributed by atoms with Crippen LogP contribution in [0.2, 0.25) is 0 Å². The molecular formula is C15H23NO5. The first-order valence-corrected chi connectivity index (χ1v) is 7.29. The predicted molar refractivity (Wildman–Crippen MR) is 75.6 cm³/mol. The smallest absolute Gasteiger partial charge is 0.307 e. The van der Waals surface area contributed by atoms with E-state index in [1.165, 1.54) is 0 Å². The van der Waals surface area contributed by atoms with E-state index >= 15 is 0 Å². The van der Waals surface area contributed by atoms with Gasteiger partial charge in [0.2, 0.25) is 5.91 Å². The molecule has 1 aliphatic heterocycles. The van der Waals surface area contributed by atoms with Crippen LogP contribution in [0, 0.1) is 11.8 Å². The lowest BCUT2D eigenvalue weighted by Crippen LogP contribution is -2.57. The highest BCUT2D eigenvalue weighted by molar-refractivity contribution is 5.85. The van der Waals surface area contributed by atoms with Crippen molar-refractivity contribution < 1.29 is 24.5 Å². The quantitative estimate of drug-likeness (QED) is 0.747. The van der Waals surface area contributed by atoms with Crippen LogP contribution < -0.4 is 0 Å². The van der Waals surface area contributed by atoms with Gasteiger partial charge < -0.3 is 19.8 Å². The molecule has 1 unspecified atom stereocenters. The lowest BCUT2D eigenvalue weighted by Gasteiger charge is -2.44. The number of hydrogen-bond acceptors (Lipinski definition) is 4. The van der Waals surface area contributed by atoms with Crippen molar-refractivity contribution in [2.24, 2.45) is 11.8 Å². The Labute approximate surface area is 124 Å². The predicted octanol–water partition coefficient (Wildman–Crippen LogP) is 0.652. The fraction of sp³-hybridized carbons (Fsp3) is 0.733. The van der Waals surface area contributed by atoms with Crippen LogP contribution >= 0.6 is 0 Å². The number of ether oxygens (including phenoxy) is 1. The van der Waals surface area contributed by atoms with Crippen molar-refractivity contribution in [1.82, 2.24) is 4.90 Å². The number of allylic oxidation sites excluding steroid dienone is 2. The first-order valence-electron chi connectivity index (χ1n) is 7.29. The van der Waals surface area contributed by atoms with Gasteiger partial charge in [0.1, 0.15) is 0 Å². The molecule has 0 spiro atoms. The Morgan fingerprint density at radius 1 is 1.29 bits per heavy atom. The maximum absolute atomic E-state index is 12.7. The van der Waals surface area contributed by atoms with Gasteiger partial charge in [-0.05, 0) is 26.7 Å². The molecule has 0 aromatic rings. The topological polar surface area (TPSA) is 87.1 Å². The molecule has 2 rings (SSSR count). The molecule has 0 aromatic carbocycles. The number of aliphatic carboxylic acids is 1. The molecule has 0 radical (unpaired) electrons. The summed E-state index contributed by atoms with van der Waals surface area (Å²) in [5.41, 5.74) is -0.537. The Morgan fingerprint density at radius 2 is 1.90 bits per heavy atom. The van der Waals surface area contributed by atoms with E-state index in [1.54, 1.807) is 4.90 Å². The monoisotopic (exact) mass is 297 g/mol. The van der Waals surface area contributed by atoms with Crippen molar-refractivity contribution in [2.45, 2.75) is 38.4 Å². The summed E-state index contributed by atoms with van der Waals surface area (Å²) in [5.74, 6) is -2.27. The Kier molecular flexibility index (Phi) is 4.68. The second kappa shape index (κ2) is 6.15. The first-order chi connectivity index (χ1) is 9.84. The van der Waals surface area contributed by atoms with E-state index in [9.17, 15) is 19.8 Å². The molecule has 1 heterocycles. The highest BCUT2D eigenvalue weighted by atomic mass is 16.5. The highest BCUT2D eigenvalue weighted by Crippen LogP contribution is 2.30. The van der Waals surface area contributed by atoms with Crippen molar-refractivity contribution in [3.63, 3.8) is 0 Å². The van der Waals surface area contributed by atoms with Crippen molar-refractivity contribution in [3.05, 3.63) is 12.2 Å². The van der Waals surface area contributed by atoms with Crippen LogP contribution in [0.25, 0.3) is 0 Å². The number of carboxylic acids is 1. The summed E-state index contributed by atoms with van der Waals surface area (Å²) in [4.78, 5) is 25.7. The zero-order valence-electron chi connectivity index (χ0n) is 12.5. The summed E-state index contributed by atoms with van der Waals surface area (Å²) in [5, 5.41) is 18.6. The van der Waals surface area contributed by atoms with Gasteiger partial charge >= 0.3 is 5.97 Å². The molecule has 1 amide bonds. The average Bonchev–Trinajstić information content (AvgIpc) is 2.44. The Bertz CT molecular complexity index is 445. The van der Waals surface area contributed by atoms with Crippen molar-refractivity contribution in [2.75, 3.05) is 19.7 Å². The third-order valence-corrected chi connectivity index (χ3v) is 4.06. The third kappa shape index (κ3) is 3.63. The molecule has 6 nitrogen and oxygen atoms in total. The molecule has 6 heteroatoms. The van der Waals surface area contributed by atoms with Gasteiger partial charge in [-0.3, -0.25) is 9.59 Å². The Balaban J connectivity index is 2.14. The summed E-state index contributed by atoms with van der Waals surface area (Å²) < 4.78 is 5.69. The standard InChI is InChI=1S/C15H23NO5/c1-15(2)9-16(7-10(8-17)21-15)13(18)11-5-3-4-6-12(11)14(19)20/h3-4,10-12,17H,5-9H2,1-2H3,(H,19,20)/t10?,11-,12+/m1/s1. The molecule has 2 N–H and O–H groups in total. The zero-order chi connectivity index (χ0) is 15.6. The van der Waals surface area contributed by atoms with Crippen LogP contribution in [0.15, 0.2) is 12.2 Å². The van der Waals surface area contributed by atoms with Gasteiger partial charge in [-0.1, -0.05) is 12.2 Å². The average molecular weight is 297 g/mol. The van der Waals surface area contributed by atoms with Crippen molar-refractivity contribution in [1.29, 1.82) is 0 Å². The maximum Gasteiger partial charge on any atom is 0.307 e. The SMILES string of the molecule is CC1(C)CN(C(=O)[C@@H]2CC=CC[C@@H]2C(=O)O)CC(CO)O1. The van der Waals surface area contributed by atoms with Crippen LogP contribution in [0.1, 0.15) is 26.7 Å². The van der Waals surface area contributed by atoms with E-state index < -0.39 is 29.5 Å². The van der Waals surface area contributed by atoms with Crippen LogP contribution in [0.3, 0.4) is 0 Å². The molecular weight excluding hydrogens is 274 g/mol. The minimum atomic E-state index is -0.927. The minimum absolute atomic E-state index is 0.151. The van der Waals surface area contributed by atoms with Crippen LogP contribution in [0.5, 0.6) is 0 Å². The fourth-order valence-electron chi connectivity index (χ4n) is 3.15. The Hall–Kier alpha value is -1.40. The van der Waals surface area contributed by atoms with Crippen LogP contribution in [-0.4, -0.2) is 58.4 Å². The lowest BCUT2D eigenvalue weighted by molar-refractivity contribution is -0.172. The van der Waals surface area contributed by atoms with E-state index in [1.807, 2.05) is 26.0 Å². The summed E-state index contributed by atoms with van der Waals surface area (Å²) >= 11 is 0. The summed E-state index contributed by atoms with van der Waals surface area (Å²) in [6.45, 7) is 4.30. The lowest BCUT2D eigenvalue weighted by atomic mass is 9.81. The van der Waals surface area contributed by atoms with Gasteiger partial charge in [0.25, 0.3) is 0 Å². The van der Waals surface area contributed by atoms with Gasteiger partial charge in [-0.15, -0.1) is 0 Å². The second-order valence-electron chi connectivity index (χ2n) is 6.39. The third-order valence-electron chi connectivity index (χ3n) is 4.06. The van der Waals surface area contributed by atoms with Gasteiger partial charge in [0.15, 0.2) is 0 Å². The molecule has 1 aliphatic carbocycles. The normalized spacial score (nSPS) is 32.0. The molecule has 2 aliphatic rings. The number of amides is 1. The maximum atomic E-state index is 12.7. The van der Waals surface area contributed by atoms with Gasteiger partial charge in [-0.25, -0.2) is 0 Å². The highest BCUT2D eigenvalue weighted by Gasteiger charge is 2.41. The number of carbonyl (C=O) groups is 2. The molecule has 0 aromatic heterocycles. The van der Waals surface area contributed by atoms with E-state index in [0.717, 1.165) is 0 Å². The van der Waals surface area contributed by atoms with Gasteiger partial charge in [0.05, 0.1) is 30.1 Å². The van der Waals surface area contributed by atoms with Gasteiger partial charge in [-0.2, -0.15) is 0 Å². The van der Waals surface area contributed by atoms with E-state index in [4.69, 9.17) is 4.74 Å². The Morgan fingerprint density at radius 3 is 2.48 bits per heavy atom. The zero-order valence-corrected chi connectivity index (χ0v) is 12.5. The summed E-state index contributed by atoms with van der Waals surface area (Å²) in [7, 11) is 0. The van der Waals surface area contributed by atoms with Crippen LogP contribution in [-0.2, 0) is 14.3 Å².